The Kier molecular flexibility index (Phi) is 4.16. The minimum absolute atomic E-state index is 0.291. The Morgan fingerprint density at radius 3 is 2.72 bits per heavy atom. The van der Waals surface area contributed by atoms with Gasteiger partial charge in [-0.15, -0.1) is 0 Å². The molecule has 1 heterocycles. The topological polar surface area (TPSA) is 68.9 Å². The highest BCUT2D eigenvalue weighted by Crippen LogP contribution is 2.26. The van der Waals surface area contributed by atoms with E-state index in [0.29, 0.717) is 29.9 Å². The molecule has 2 rings (SSSR count). The fourth-order valence-electron chi connectivity index (χ4n) is 2.44. The molecule has 2 N–H and O–H groups in total. The molecular formula is C14H19N3O. The van der Waals surface area contributed by atoms with Gasteiger partial charge in [-0.2, -0.15) is 5.26 Å². The van der Waals surface area contributed by atoms with Crippen molar-refractivity contribution in [2.45, 2.75) is 38.6 Å². The van der Waals surface area contributed by atoms with Gasteiger partial charge in [0.15, 0.2) is 0 Å². The molecule has 1 saturated carbocycles. The number of aliphatic hydroxyl groups is 1. The van der Waals surface area contributed by atoms with Crippen LogP contribution in [-0.2, 0) is 0 Å². The van der Waals surface area contributed by atoms with E-state index in [1.807, 2.05) is 19.1 Å². The van der Waals surface area contributed by atoms with Crippen molar-refractivity contribution in [1.82, 2.24) is 4.98 Å². The van der Waals surface area contributed by atoms with E-state index in [4.69, 9.17) is 10.4 Å². The molecule has 1 aliphatic carbocycles. The molecule has 0 atom stereocenters. The van der Waals surface area contributed by atoms with Gasteiger partial charge in [0.25, 0.3) is 0 Å². The van der Waals surface area contributed by atoms with E-state index >= 15 is 0 Å². The lowest BCUT2D eigenvalue weighted by Crippen LogP contribution is -2.28. The van der Waals surface area contributed by atoms with Crippen LogP contribution in [0.1, 0.15) is 36.9 Å². The highest BCUT2D eigenvalue weighted by Gasteiger charge is 2.21. The molecule has 0 amide bonds. The second-order valence-electron chi connectivity index (χ2n) is 5.01. The lowest BCUT2D eigenvalue weighted by molar-refractivity contribution is 0.185. The fourth-order valence-corrected chi connectivity index (χ4v) is 2.44. The van der Waals surface area contributed by atoms with Gasteiger partial charge < -0.3 is 10.4 Å². The van der Waals surface area contributed by atoms with Crippen LogP contribution in [0.2, 0.25) is 0 Å². The number of nitrogens with one attached hydrogen (secondary N) is 1. The van der Waals surface area contributed by atoms with Gasteiger partial charge in [0.05, 0.1) is 5.56 Å². The van der Waals surface area contributed by atoms with Crippen molar-refractivity contribution in [1.29, 1.82) is 5.26 Å². The Hall–Kier alpha value is -1.60. The number of pyridine rings is 1. The molecule has 1 fully saturated rings. The third-order valence-corrected chi connectivity index (χ3v) is 3.60. The van der Waals surface area contributed by atoms with Crippen molar-refractivity contribution in [2.75, 3.05) is 11.9 Å². The van der Waals surface area contributed by atoms with Crippen LogP contribution in [0.15, 0.2) is 12.1 Å². The van der Waals surface area contributed by atoms with Gasteiger partial charge in [0.1, 0.15) is 11.9 Å². The number of aliphatic hydroxyl groups excluding tert-OH is 1. The minimum atomic E-state index is 0.291. The van der Waals surface area contributed by atoms with Crippen LogP contribution < -0.4 is 5.32 Å². The van der Waals surface area contributed by atoms with Crippen LogP contribution in [-0.4, -0.2) is 22.7 Å². The zero-order chi connectivity index (χ0) is 13.0. The molecule has 0 bridgehead atoms. The first kappa shape index (κ1) is 12.8. The summed E-state index contributed by atoms with van der Waals surface area (Å²) in [5, 5.41) is 21.5. The summed E-state index contributed by atoms with van der Waals surface area (Å²) in [4.78, 5) is 4.39. The number of aryl methyl sites for hydroxylation is 1. The molecule has 0 radical (unpaired) electrons. The number of hydrogen-bond donors (Lipinski definition) is 2. The Bertz CT molecular complexity index is 445. The maximum Gasteiger partial charge on any atom is 0.144 e. The van der Waals surface area contributed by atoms with Crippen LogP contribution in [0.4, 0.5) is 5.82 Å². The summed E-state index contributed by atoms with van der Waals surface area (Å²) in [5.41, 5.74) is 1.52. The van der Waals surface area contributed by atoms with Crippen LogP contribution in [0.3, 0.4) is 0 Å². The Morgan fingerprint density at radius 1 is 1.39 bits per heavy atom. The predicted molar refractivity (Wildman–Crippen MR) is 70.1 cm³/mol. The molecular weight excluding hydrogens is 226 g/mol. The van der Waals surface area contributed by atoms with Crippen molar-refractivity contribution in [3.05, 3.63) is 23.4 Å². The molecule has 4 heteroatoms. The van der Waals surface area contributed by atoms with Gasteiger partial charge in [-0.05, 0) is 50.7 Å². The highest BCUT2D eigenvalue weighted by molar-refractivity contribution is 5.52. The number of anilines is 1. The van der Waals surface area contributed by atoms with E-state index in [9.17, 15) is 0 Å². The first-order valence-corrected chi connectivity index (χ1v) is 6.48. The van der Waals surface area contributed by atoms with Gasteiger partial charge in [0.2, 0.25) is 0 Å². The van der Waals surface area contributed by atoms with Gasteiger partial charge in [0, 0.05) is 18.3 Å². The molecule has 96 valence electrons. The Morgan fingerprint density at radius 2 is 2.11 bits per heavy atom. The van der Waals surface area contributed by atoms with Crippen LogP contribution in [0, 0.1) is 24.2 Å². The van der Waals surface area contributed by atoms with E-state index in [2.05, 4.69) is 16.4 Å². The van der Waals surface area contributed by atoms with Crippen molar-refractivity contribution in [3.63, 3.8) is 0 Å². The van der Waals surface area contributed by atoms with Gasteiger partial charge in [-0.3, -0.25) is 0 Å². The number of nitriles is 1. The van der Waals surface area contributed by atoms with Crippen molar-refractivity contribution in [3.8, 4) is 6.07 Å². The monoisotopic (exact) mass is 245 g/mol. The van der Waals surface area contributed by atoms with E-state index in [0.717, 1.165) is 31.4 Å². The van der Waals surface area contributed by atoms with Gasteiger partial charge >= 0.3 is 0 Å². The zero-order valence-electron chi connectivity index (χ0n) is 10.7. The summed E-state index contributed by atoms with van der Waals surface area (Å²) >= 11 is 0. The summed E-state index contributed by atoms with van der Waals surface area (Å²) in [6.45, 7) is 2.22. The molecule has 0 aliphatic heterocycles. The lowest BCUT2D eigenvalue weighted by Gasteiger charge is -2.28. The molecule has 1 aromatic heterocycles. The first-order valence-electron chi connectivity index (χ1n) is 6.48. The fraction of sp³-hybridized carbons (Fsp3) is 0.571. The van der Waals surface area contributed by atoms with E-state index in [1.54, 1.807) is 0 Å². The normalized spacial score (nSPS) is 23.4. The molecule has 1 aliphatic rings. The molecule has 4 nitrogen and oxygen atoms in total. The largest absolute Gasteiger partial charge is 0.396 e. The second kappa shape index (κ2) is 5.83. The number of rotatable bonds is 3. The van der Waals surface area contributed by atoms with Gasteiger partial charge in [-0.25, -0.2) is 4.98 Å². The molecule has 0 unspecified atom stereocenters. The molecule has 0 aromatic carbocycles. The maximum absolute atomic E-state index is 9.11. The summed E-state index contributed by atoms with van der Waals surface area (Å²) in [6.07, 6.45) is 4.15. The summed E-state index contributed by atoms with van der Waals surface area (Å²) in [7, 11) is 0. The maximum atomic E-state index is 9.11. The SMILES string of the molecule is Cc1ccc(C#N)c(NC2CCC(CO)CC2)n1. The number of aromatic nitrogens is 1. The number of hydrogen-bond acceptors (Lipinski definition) is 4. The van der Waals surface area contributed by atoms with Crippen molar-refractivity contribution in [2.24, 2.45) is 5.92 Å². The quantitative estimate of drug-likeness (QED) is 0.856. The lowest BCUT2D eigenvalue weighted by atomic mass is 9.86. The smallest absolute Gasteiger partial charge is 0.144 e. The van der Waals surface area contributed by atoms with Crippen LogP contribution >= 0.6 is 0 Å². The average molecular weight is 245 g/mol. The third kappa shape index (κ3) is 2.99. The standard InChI is InChI=1S/C14H19N3O/c1-10-2-5-12(8-15)14(16-10)17-13-6-3-11(9-18)4-7-13/h2,5,11,13,18H,3-4,6-7,9H2,1H3,(H,16,17). The summed E-state index contributed by atoms with van der Waals surface area (Å²) in [6, 6.07) is 6.20. The molecule has 1 aromatic rings. The van der Waals surface area contributed by atoms with E-state index in [-0.39, 0.29) is 0 Å². The van der Waals surface area contributed by atoms with Crippen LogP contribution in [0.25, 0.3) is 0 Å². The first-order chi connectivity index (χ1) is 8.72. The predicted octanol–water partition coefficient (Wildman–Crippen LogP) is 2.22. The molecule has 0 saturated heterocycles. The molecule has 18 heavy (non-hydrogen) atoms. The van der Waals surface area contributed by atoms with Crippen LogP contribution in [0.5, 0.6) is 0 Å². The summed E-state index contributed by atoms with van der Waals surface area (Å²) < 4.78 is 0. The average Bonchev–Trinajstić information content (AvgIpc) is 2.40. The van der Waals surface area contributed by atoms with Crippen molar-refractivity contribution < 1.29 is 5.11 Å². The Balaban J connectivity index is 2.02. The minimum Gasteiger partial charge on any atom is -0.396 e. The van der Waals surface area contributed by atoms with E-state index < -0.39 is 0 Å². The summed E-state index contributed by atoms with van der Waals surface area (Å²) in [5.74, 6) is 1.15. The second-order valence-corrected chi connectivity index (χ2v) is 5.01. The van der Waals surface area contributed by atoms with Crippen molar-refractivity contribution >= 4 is 5.82 Å². The van der Waals surface area contributed by atoms with E-state index in [1.165, 1.54) is 0 Å². The van der Waals surface area contributed by atoms with Gasteiger partial charge in [-0.1, -0.05) is 0 Å². The highest BCUT2D eigenvalue weighted by atomic mass is 16.3. The Labute approximate surface area is 108 Å². The number of nitrogens with zero attached hydrogens (tertiary/aromatic N) is 2. The third-order valence-electron chi connectivity index (χ3n) is 3.60. The molecule has 0 spiro atoms. The zero-order valence-corrected chi connectivity index (χ0v) is 10.7.